The molecule has 0 radical (unpaired) electrons. The second kappa shape index (κ2) is 6.91. The van der Waals surface area contributed by atoms with Crippen molar-refractivity contribution in [1.29, 1.82) is 0 Å². The van der Waals surface area contributed by atoms with Crippen LogP contribution in [0.2, 0.25) is 0 Å². The van der Waals surface area contributed by atoms with Crippen LogP contribution in [0.5, 0.6) is 0 Å². The number of hydrogen-bond donors (Lipinski definition) is 3. The largest absolute Gasteiger partial charge is 0.481 e. The molecule has 29 heavy (non-hydrogen) atoms. The van der Waals surface area contributed by atoms with Gasteiger partial charge >= 0.3 is 12.0 Å². The van der Waals surface area contributed by atoms with Gasteiger partial charge < -0.3 is 21.1 Å². The molecule has 1 aromatic heterocycles. The summed E-state index contributed by atoms with van der Waals surface area (Å²) in [5, 5.41) is 16.8. The summed E-state index contributed by atoms with van der Waals surface area (Å²) in [7, 11) is 0. The van der Waals surface area contributed by atoms with Crippen LogP contribution in [0.25, 0.3) is 5.69 Å². The van der Waals surface area contributed by atoms with E-state index in [1.165, 1.54) is 6.07 Å². The molecule has 152 valence electrons. The highest BCUT2D eigenvalue weighted by atomic mass is 16.4. The van der Waals surface area contributed by atoms with Gasteiger partial charge in [0.2, 0.25) is 5.91 Å². The van der Waals surface area contributed by atoms with Crippen molar-refractivity contribution >= 4 is 23.6 Å². The molecule has 2 aliphatic rings. The lowest BCUT2D eigenvalue weighted by atomic mass is 9.81. The number of nitrogens with zero attached hydrogens (tertiary/aromatic N) is 3. The second-order valence-corrected chi connectivity index (χ2v) is 7.92. The van der Waals surface area contributed by atoms with Crippen molar-refractivity contribution in [3.63, 3.8) is 0 Å². The van der Waals surface area contributed by atoms with Crippen LogP contribution in [0.15, 0.2) is 30.6 Å². The SMILES string of the molecule is Cc1cnn(-c2ccc(C(N)=O)cc2NC(=O)N2C[C@@H]3CCC[C@@]3(C(=O)O)C2)c1. The predicted octanol–water partition coefficient (Wildman–Crippen LogP) is 2.00. The maximum Gasteiger partial charge on any atom is 0.321 e. The van der Waals surface area contributed by atoms with E-state index in [4.69, 9.17) is 5.73 Å². The van der Waals surface area contributed by atoms with Crippen molar-refractivity contribution in [2.45, 2.75) is 26.2 Å². The molecule has 1 aliphatic heterocycles. The number of anilines is 1. The van der Waals surface area contributed by atoms with Gasteiger partial charge in [0.15, 0.2) is 0 Å². The Morgan fingerprint density at radius 2 is 2.14 bits per heavy atom. The number of benzene rings is 1. The third kappa shape index (κ3) is 3.22. The molecule has 2 fully saturated rings. The fraction of sp³-hybridized carbons (Fsp3) is 0.400. The number of nitrogens with two attached hydrogens (primary N) is 1. The van der Waals surface area contributed by atoms with Crippen LogP contribution in [0.3, 0.4) is 0 Å². The molecule has 0 unspecified atom stereocenters. The molecule has 1 saturated heterocycles. The number of rotatable bonds is 4. The Hall–Kier alpha value is -3.36. The number of aliphatic carboxylic acids is 1. The first-order valence-electron chi connectivity index (χ1n) is 9.55. The van der Waals surface area contributed by atoms with Crippen LogP contribution < -0.4 is 11.1 Å². The summed E-state index contributed by atoms with van der Waals surface area (Å²) in [5.41, 5.74) is 6.71. The third-order valence-electron chi connectivity index (χ3n) is 6.07. The van der Waals surface area contributed by atoms with Gasteiger partial charge in [-0.1, -0.05) is 6.42 Å². The van der Waals surface area contributed by atoms with Gasteiger partial charge in [0.05, 0.1) is 23.0 Å². The van der Waals surface area contributed by atoms with E-state index < -0.39 is 23.3 Å². The third-order valence-corrected chi connectivity index (χ3v) is 6.07. The molecule has 4 rings (SSSR count). The summed E-state index contributed by atoms with van der Waals surface area (Å²) in [6.07, 6.45) is 5.76. The monoisotopic (exact) mass is 397 g/mol. The molecule has 0 spiro atoms. The van der Waals surface area contributed by atoms with Gasteiger partial charge in [0, 0.05) is 24.8 Å². The number of carboxylic acid groups (broad SMARTS) is 1. The number of aryl methyl sites for hydroxylation is 1. The van der Waals surface area contributed by atoms with Crippen molar-refractivity contribution in [3.05, 3.63) is 41.7 Å². The highest BCUT2D eigenvalue weighted by Gasteiger charge is 2.55. The van der Waals surface area contributed by atoms with E-state index in [0.717, 1.165) is 18.4 Å². The number of likely N-dealkylation sites (tertiary alicyclic amines) is 1. The lowest BCUT2D eigenvalue weighted by Crippen LogP contribution is -2.38. The Balaban J connectivity index is 1.62. The molecule has 2 heterocycles. The molecule has 9 heteroatoms. The van der Waals surface area contributed by atoms with E-state index in [1.54, 1.807) is 34.1 Å². The number of fused-ring (bicyclic) bond motifs is 1. The van der Waals surface area contributed by atoms with Gasteiger partial charge in [-0.2, -0.15) is 5.10 Å². The topological polar surface area (TPSA) is 131 Å². The summed E-state index contributed by atoms with van der Waals surface area (Å²) in [6.45, 7) is 2.49. The summed E-state index contributed by atoms with van der Waals surface area (Å²) in [5.74, 6) is -1.47. The van der Waals surface area contributed by atoms with Crippen LogP contribution >= 0.6 is 0 Å². The molecule has 9 nitrogen and oxygen atoms in total. The van der Waals surface area contributed by atoms with Gasteiger partial charge in [0.1, 0.15) is 0 Å². The first-order valence-corrected chi connectivity index (χ1v) is 9.55. The van der Waals surface area contributed by atoms with Crippen LogP contribution in [0.1, 0.15) is 35.2 Å². The zero-order valence-corrected chi connectivity index (χ0v) is 16.1. The highest BCUT2D eigenvalue weighted by Crippen LogP contribution is 2.49. The summed E-state index contributed by atoms with van der Waals surface area (Å²) in [6, 6.07) is 4.35. The molecule has 1 saturated carbocycles. The number of primary amides is 1. The van der Waals surface area contributed by atoms with Crippen LogP contribution in [0, 0.1) is 18.3 Å². The number of nitrogens with one attached hydrogen (secondary N) is 1. The van der Waals surface area contributed by atoms with Crippen LogP contribution in [0.4, 0.5) is 10.5 Å². The summed E-state index contributed by atoms with van der Waals surface area (Å²) >= 11 is 0. The Kier molecular flexibility index (Phi) is 4.52. The van der Waals surface area contributed by atoms with Crippen molar-refractivity contribution < 1.29 is 19.5 Å². The van der Waals surface area contributed by atoms with Crippen molar-refractivity contribution in [2.24, 2.45) is 17.1 Å². The minimum Gasteiger partial charge on any atom is -0.481 e. The first kappa shape index (κ1) is 19.0. The maximum absolute atomic E-state index is 13.0. The molecule has 2 atom stereocenters. The molecular formula is C20H23N5O4. The molecule has 2 aromatic rings. The Morgan fingerprint density at radius 1 is 1.34 bits per heavy atom. The quantitative estimate of drug-likeness (QED) is 0.726. The lowest BCUT2D eigenvalue weighted by molar-refractivity contribution is -0.149. The standard InChI is InChI=1S/C20H23N5O4/c1-12-8-22-25(9-12)16-5-4-13(17(21)26)7-15(16)23-19(29)24-10-14-3-2-6-20(14,11-24)18(27)28/h4-5,7-9,14H,2-3,6,10-11H2,1H3,(H2,21,26)(H,23,29)(H,27,28)/t14-,20+/m0/s1. The summed E-state index contributed by atoms with van der Waals surface area (Å²) < 4.78 is 1.60. The number of carbonyl (C=O) groups is 3. The number of aromatic nitrogens is 2. The minimum absolute atomic E-state index is 0.0315. The summed E-state index contributed by atoms with van der Waals surface area (Å²) in [4.78, 5) is 38.0. The van der Waals surface area contributed by atoms with Gasteiger partial charge in [-0.05, 0) is 49.4 Å². The number of urea groups is 1. The highest BCUT2D eigenvalue weighted by molar-refractivity contribution is 5.98. The van der Waals surface area contributed by atoms with Crippen LogP contribution in [-0.2, 0) is 4.79 Å². The van der Waals surface area contributed by atoms with Crippen molar-refractivity contribution in [3.8, 4) is 5.69 Å². The Labute approximate surface area is 167 Å². The van der Waals surface area contributed by atoms with Gasteiger partial charge in [-0.3, -0.25) is 9.59 Å². The normalized spacial score (nSPS) is 23.1. The van der Waals surface area contributed by atoms with E-state index in [1.807, 2.05) is 6.92 Å². The van der Waals surface area contributed by atoms with E-state index in [2.05, 4.69) is 10.4 Å². The molecule has 3 amide bonds. The molecule has 1 aromatic carbocycles. The number of carbonyl (C=O) groups excluding carboxylic acids is 2. The molecule has 1 aliphatic carbocycles. The number of amides is 3. The first-order chi connectivity index (χ1) is 13.8. The fourth-order valence-corrected chi connectivity index (χ4v) is 4.52. The zero-order valence-electron chi connectivity index (χ0n) is 16.1. The van der Waals surface area contributed by atoms with Gasteiger partial charge in [-0.15, -0.1) is 0 Å². The maximum atomic E-state index is 13.0. The molecule has 4 N–H and O–H groups in total. The van der Waals surface area contributed by atoms with E-state index in [-0.39, 0.29) is 18.0 Å². The van der Waals surface area contributed by atoms with Gasteiger partial charge in [-0.25, -0.2) is 9.48 Å². The predicted molar refractivity (Wildman–Crippen MR) is 105 cm³/mol. The van der Waals surface area contributed by atoms with Gasteiger partial charge in [0.25, 0.3) is 0 Å². The number of carboxylic acids is 1. The molecule has 0 bridgehead atoms. The zero-order chi connectivity index (χ0) is 20.8. The Bertz CT molecular complexity index is 1000. The Morgan fingerprint density at radius 3 is 2.76 bits per heavy atom. The lowest BCUT2D eigenvalue weighted by Gasteiger charge is -2.23. The smallest absolute Gasteiger partial charge is 0.321 e. The average molecular weight is 397 g/mol. The van der Waals surface area contributed by atoms with Crippen LogP contribution in [-0.4, -0.2) is 50.8 Å². The minimum atomic E-state index is -0.853. The number of hydrogen-bond acceptors (Lipinski definition) is 4. The van der Waals surface area contributed by atoms with E-state index in [0.29, 0.717) is 24.3 Å². The average Bonchev–Trinajstić information content (AvgIpc) is 3.35. The van der Waals surface area contributed by atoms with Crippen molar-refractivity contribution in [2.75, 3.05) is 18.4 Å². The van der Waals surface area contributed by atoms with E-state index in [9.17, 15) is 19.5 Å². The fourth-order valence-electron chi connectivity index (χ4n) is 4.52. The van der Waals surface area contributed by atoms with Crippen molar-refractivity contribution in [1.82, 2.24) is 14.7 Å². The molecular weight excluding hydrogens is 374 g/mol. The second-order valence-electron chi connectivity index (χ2n) is 7.92. The van der Waals surface area contributed by atoms with E-state index >= 15 is 0 Å².